The lowest BCUT2D eigenvalue weighted by Gasteiger charge is -2.37. The van der Waals surface area contributed by atoms with Crippen LogP contribution in [0.3, 0.4) is 0 Å². The van der Waals surface area contributed by atoms with Gasteiger partial charge in [-0.15, -0.1) is 0 Å². The minimum atomic E-state index is 0.370. The van der Waals surface area contributed by atoms with E-state index in [-0.39, 0.29) is 0 Å². The van der Waals surface area contributed by atoms with Crippen molar-refractivity contribution in [2.45, 2.75) is 51.5 Å². The van der Waals surface area contributed by atoms with Gasteiger partial charge in [-0.3, -0.25) is 9.69 Å². The number of likely N-dealkylation sites (tertiary alicyclic amines) is 1. The fourth-order valence-corrected chi connectivity index (χ4v) is 3.14. The number of morpholine rings is 1. The number of nitrogens with zero attached hydrogens (tertiary/aromatic N) is 2. The van der Waals surface area contributed by atoms with Crippen molar-refractivity contribution in [2.24, 2.45) is 0 Å². The molecule has 0 spiro atoms. The van der Waals surface area contributed by atoms with E-state index in [0.29, 0.717) is 18.4 Å². The average Bonchev–Trinajstić information content (AvgIpc) is 2.47. The Kier molecular flexibility index (Phi) is 6.11. The maximum absolute atomic E-state index is 12.2. The van der Waals surface area contributed by atoms with Crippen LogP contribution < -0.4 is 0 Å². The van der Waals surface area contributed by atoms with Gasteiger partial charge in [0.15, 0.2) is 0 Å². The van der Waals surface area contributed by atoms with Crippen molar-refractivity contribution in [2.75, 3.05) is 39.4 Å². The SMILES string of the molecule is CCCC(=O)N1CCCC[C@@H]1CCN1CCOCC1. The molecule has 2 saturated heterocycles. The van der Waals surface area contributed by atoms with Crippen LogP contribution in [0.15, 0.2) is 0 Å². The van der Waals surface area contributed by atoms with Gasteiger partial charge in [0, 0.05) is 38.6 Å². The molecule has 2 aliphatic rings. The van der Waals surface area contributed by atoms with E-state index in [1.807, 2.05) is 0 Å². The number of piperidine rings is 1. The first kappa shape index (κ1) is 14.8. The highest BCUT2D eigenvalue weighted by atomic mass is 16.5. The van der Waals surface area contributed by atoms with E-state index in [2.05, 4.69) is 16.7 Å². The highest BCUT2D eigenvalue weighted by Gasteiger charge is 2.26. The number of rotatable bonds is 5. The summed E-state index contributed by atoms with van der Waals surface area (Å²) in [5, 5.41) is 0. The lowest BCUT2D eigenvalue weighted by atomic mass is 9.98. The zero-order chi connectivity index (χ0) is 13.5. The minimum absolute atomic E-state index is 0.370. The molecule has 0 unspecified atom stereocenters. The van der Waals surface area contributed by atoms with Crippen LogP contribution in [-0.2, 0) is 9.53 Å². The first-order chi connectivity index (χ1) is 9.31. The van der Waals surface area contributed by atoms with Crippen LogP contribution in [0.25, 0.3) is 0 Å². The number of hydrogen-bond acceptors (Lipinski definition) is 3. The second kappa shape index (κ2) is 7.85. The summed E-state index contributed by atoms with van der Waals surface area (Å²) in [6.45, 7) is 8.01. The van der Waals surface area contributed by atoms with Gasteiger partial charge < -0.3 is 9.64 Å². The number of amides is 1. The molecule has 2 fully saturated rings. The maximum atomic E-state index is 12.2. The Labute approximate surface area is 117 Å². The molecule has 1 atom stereocenters. The summed E-state index contributed by atoms with van der Waals surface area (Å²) in [5.41, 5.74) is 0. The molecule has 0 bridgehead atoms. The van der Waals surface area contributed by atoms with E-state index in [1.54, 1.807) is 0 Å². The Hall–Kier alpha value is -0.610. The molecule has 0 aliphatic carbocycles. The molecule has 2 heterocycles. The molecule has 1 amide bonds. The van der Waals surface area contributed by atoms with Crippen molar-refractivity contribution in [1.29, 1.82) is 0 Å². The van der Waals surface area contributed by atoms with E-state index >= 15 is 0 Å². The summed E-state index contributed by atoms with van der Waals surface area (Å²) in [6, 6.07) is 0.482. The maximum Gasteiger partial charge on any atom is 0.222 e. The predicted octanol–water partition coefficient (Wildman–Crippen LogP) is 1.89. The molecule has 0 saturated carbocycles. The molecule has 0 N–H and O–H groups in total. The van der Waals surface area contributed by atoms with Crippen molar-refractivity contribution in [3.8, 4) is 0 Å². The number of ether oxygens (including phenoxy) is 1. The van der Waals surface area contributed by atoms with Crippen LogP contribution in [0.5, 0.6) is 0 Å². The van der Waals surface area contributed by atoms with Gasteiger partial charge >= 0.3 is 0 Å². The first-order valence-electron chi connectivity index (χ1n) is 7.91. The molecule has 19 heavy (non-hydrogen) atoms. The molecule has 2 aliphatic heterocycles. The van der Waals surface area contributed by atoms with Gasteiger partial charge in [-0.2, -0.15) is 0 Å². The summed E-state index contributed by atoms with van der Waals surface area (Å²) >= 11 is 0. The van der Waals surface area contributed by atoms with Gasteiger partial charge in [0.05, 0.1) is 13.2 Å². The zero-order valence-electron chi connectivity index (χ0n) is 12.3. The van der Waals surface area contributed by atoms with Gasteiger partial charge in [0.25, 0.3) is 0 Å². The fourth-order valence-electron chi connectivity index (χ4n) is 3.14. The average molecular weight is 268 g/mol. The molecule has 0 aromatic heterocycles. The normalized spacial score (nSPS) is 25.5. The van der Waals surface area contributed by atoms with Gasteiger partial charge in [0.2, 0.25) is 5.91 Å². The minimum Gasteiger partial charge on any atom is -0.379 e. The zero-order valence-corrected chi connectivity index (χ0v) is 12.3. The van der Waals surface area contributed by atoms with Crippen molar-refractivity contribution < 1.29 is 9.53 Å². The Balaban J connectivity index is 1.79. The highest BCUT2D eigenvalue weighted by Crippen LogP contribution is 2.21. The quantitative estimate of drug-likeness (QED) is 0.763. The lowest BCUT2D eigenvalue weighted by Crippen LogP contribution is -2.46. The molecule has 0 radical (unpaired) electrons. The monoisotopic (exact) mass is 268 g/mol. The van der Waals surface area contributed by atoms with Crippen molar-refractivity contribution in [3.63, 3.8) is 0 Å². The van der Waals surface area contributed by atoms with Gasteiger partial charge in [-0.25, -0.2) is 0 Å². The molecule has 0 aromatic carbocycles. The van der Waals surface area contributed by atoms with Crippen LogP contribution >= 0.6 is 0 Å². The Morgan fingerprint density at radius 2 is 2.00 bits per heavy atom. The molecular weight excluding hydrogens is 240 g/mol. The van der Waals surface area contributed by atoms with E-state index in [0.717, 1.165) is 52.2 Å². The smallest absolute Gasteiger partial charge is 0.222 e. The van der Waals surface area contributed by atoms with Gasteiger partial charge in [-0.05, 0) is 32.1 Å². The standard InChI is InChI=1S/C15H28N2O2/c1-2-5-15(18)17-8-4-3-6-14(17)7-9-16-10-12-19-13-11-16/h14H,2-13H2,1H3/t14-/m1/s1. The Bertz CT molecular complexity index is 277. The fraction of sp³-hybridized carbons (Fsp3) is 0.933. The number of hydrogen-bond donors (Lipinski definition) is 0. The third kappa shape index (κ3) is 4.46. The summed E-state index contributed by atoms with van der Waals surface area (Å²) in [7, 11) is 0. The van der Waals surface area contributed by atoms with E-state index in [4.69, 9.17) is 4.74 Å². The van der Waals surface area contributed by atoms with E-state index < -0.39 is 0 Å². The molecular formula is C15H28N2O2. The second-order valence-corrected chi connectivity index (χ2v) is 5.73. The Morgan fingerprint density at radius 1 is 1.21 bits per heavy atom. The molecule has 110 valence electrons. The van der Waals surface area contributed by atoms with Crippen LogP contribution in [0.2, 0.25) is 0 Å². The molecule has 4 heteroatoms. The van der Waals surface area contributed by atoms with Crippen LogP contribution in [-0.4, -0.2) is 61.1 Å². The van der Waals surface area contributed by atoms with Crippen LogP contribution in [0.4, 0.5) is 0 Å². The van der Waals surface area contributed by atoms with Crippen molar-refractivity contribution >= 4 is 5.91 Å². The topological polar surface area (TPSA) is 32.8 Å². The van der Waals surface area contributed by atoms with Gasteiger partial charge in [-0.1, -0.05) is 6.92 Å². The van der Waals surface area contributed by atoms with E-state index in [9.17, 15) is 4.79 Å². The Morgan fingerprint density at radius 3 is 2.74 bits per heavy atom. The van der Waals surface area contributed by atoms with Crippen LogP contribution in [0, 0.1) is 0 Å². The van der Waals surface area contributed by atoms with Crippen LogP contribution in [0.1, 0.15) is 45.4 Å². The predicted molar refractivity (Wildman–Crippen MR) is 76.1 cm³/mol. The third-order valence-corrected chi connectivity index (χ3v) is 4.29. The van der Waals surface area contributed by atoms with Crippen molar-refractivity contribution in [3.05, 3.63) is 0 Å². The summed E-state index contributed by atoms with van der Waals surface area (Å²) in [4.78, 5) is 16.8. The molecule has 0 aromatic rings. The van der Waals surface area contributed by atoms with Crippen molar-refractivity contribution in [1.82, 2.24) is 9.80 Å². The molecule has 4 nitrogen and oxygen atoms in total. The number of carbonyl (C=O) groups excluding carboxylic acids is 1. The lowest BCUT2D eigenvalue weighted by molar-refractivity contribution is -0.135. The summed E-state index contributed by atoms with van der Waals surface area (Å²) in [6.07, 6.45) is 6.47. The summed E-state index contributed by atoms with van der Waals surface area (Å²) in [5.74, 6) is 0.370. The summed E-state index contributed by atoms with van der Waals surface area (Å²) < 4.78 is 5.38. The molecule has 2 rings (SSSR count). The highest BCUT2D eigenvalue weighted by molar-refractivity contribution is 5.76. The van der Waals surface area contributed by atoms with E-state index in [1.165, 1.54) is 19.3 Å². The number of carbonyl (C=O) groups is 1. The third-order valence-electron chi connectivity index (χ3n) is 4.29. The van der Waals surface area contributed by atoms with Gasteiger partial charge in [0.1, 0.15) is 0 Å². The first-order valence-corrected chi connectivity index (χ1v) is 7.91. The largest absolute Gasteiger partial charge is 0.379 e. The second-order valence-electron chi connectivity index (χ2n) is 5.73.